The van der Waals surface area contributed by atoms with Crippen LogP contribution in [0.15, 0.2) is 81.6 Å². The molecule has 0 saturated heterocycles. The van der Waals surface area contributed by atoms with Gasteiger partial charge in [0.05, 0.1) is 10.7 Å². The molecule has 3 nitrogen and oxygen atoms in total. The van der Waals surface area contributed by atoms with E-state index in [2.05, 4.69) is 22.3 Å². The number of carbonyl (C=O) groups excluding carboxylic acids is 1. The van der Waals surface area contributed by atoms with Crippen LogP contribution in [0.25, 0.3) is 0 Å². The molecule has 24 heavy (non-hydrogen) atoms. The summed E-state index contributed by atoms with van der Waals surface area (Å²) in [7, 11) is 3.90. The summed E-state index contributed by atoms with van der Waals surface area (Å²) in [5.41, 5.74) is 2.16. The predicted octanol–water partition coefficient (Wildman–Crippen LogP) is 4.99. The van der Waals surface area contributed by atoms with Crippen molar-refractivity contribution in [2.75, 3.05) is 24.3 Å². The van der Waals surface area contributed by atoms with E-state index >= 15 is 0 Å². The van der Waals surface area contributed by atoms with E-state index in [0.717, 1.165) is 15.6 Å². The highest BCUT2D eigenvalue weighted by Crippen LogP contribution is 2.44. The largest absolute Gasteiger partial charge is 0.387 e. The SMILES string of the molecule is CNc1ccccc1SC(=O)/C=C/C=C1/Sc2ccccc2N1C. The summed E-state index contributed by atoms with van der Waals surface area (Å²) in [4.78, 5) is 16.5. The fourth-order valence-electron chi connectivity index (χ4n) is 2.38. The Hall–Kier alpha value is -2.11. The van der Waals surface area contributed by atoms with E-state index in [1.54, 1.807) is 17.8 Å². The van der Waals surface area contributed by atoms with Crippen molar-refractivity contribution in [2.24, 2.45) is 0 Å². The Balaban J connectivity index is 1.65. The fourth-order valence-corrected chi connectivity index (χ4v) is 4.23. The average molecular weight is 355 g/mol. The number of thioether (sulfide) groups is 2. The smallest absolute Gasteiger partial charge is 0.216 e. The molecule has 2 aromatic rings. The van der Waals surface area contributed by atoms with Gasteiger partial charge in [-0.05, 0) is 48.2 Å². The monoisotopic (exact) mass is 354 g/mol. The molecule has 3 rings (SSSR count). The van der Waals surface area contributed by atoms with Crippen molar-refractivity contribution in [3.8, 4) is 0 Å². The van der Waals surface area contributed by atoms with Crippen LogP contribution in [0, 0.1) is 0 Å². The lowest BCUT2D eigenvalue weighted by Crippen LogP contribution is -2.08. The standard InChI is InChI=1S/C19H18N2OS2/c1-20-14-8-3-5-10-16(14)24-19(22)13-7-12-18-21(2)15-9-4-6-11-17(15)23-18/h3-13,20H,1-2H3/b13-7+,18-12+. The third-order valence-electron chi connectivity index (χ3n) is 3.61. The number of benzene rings is 2. The minimum absolute atomic E-state index is 0.0118. The van der Waals surface area contributed by atoms with E-state index < -0.39 is 0 Å². The fraction of sp³-hybridized carbons (Fsp3) is 0.105. The topological polar surface area (TPSA) is 32.3 Å². The van der Waals surface area contributed by atoms with Gasteiger partial charge >= 0.3 is 0 Å². The van der Waals surface area contributed by atoms with Gasteiger partial charge in [-0.3, -0.25) is 4.79 Å². The molecule has 122 valence electrons. The van der Waals surface area contributed by atoms with Gasteiger partial charge in [-0.15, -0.1) is 0 Å². The maximum Gasteiger partial charge on any atom is 0.216 e. The third-order valence-corrected chi connectivity index (χ3v) is 5.71. The van der Waals surface area contributed by atoms with Crippen LogP contribution in [-0.4, -0.2) is 19.2 Å². The molecule has 0 unspecified atom stereocenters. The van der Waals surface area contributed by atoms with Gasteiger partial charge in [-0.2, -0.15) is 0 Å². The molecule has 0 atom stereocenters. The highest BCUT2D eigenvalue weighted by molar-refractivity contribution is 8.14. The number of fused-ring (bicyclic) bond motifs is 1. The highest BCUT2D eigenvalue weighted by Gasteiger charge is 2.20. The Morgan fingerprint density at radius 1 is 1.17 bits per heavy atom. The molecule has 1 aliphatic rings. The summed E-state index contributed by atoms with van der Waals surface area (Å²) >= 11 is 2.94. The van der Waals surface area contributed by atoms with Crippen LogP contribution in [0.4, 0.5) is 11.4 Å². The van der Waals surface area contributed by atoms with Gasteiger partial charge in [0.25, 0.3) is 0 Å². The van der Waals surface area contributed by atoms with Crippen molar-refractivity contribution in [3.63, 3.8) is 0 Å². The van der Waals surface area contributed by atoms with Crippen molar-refractivity contribution in [1.29, 1.82) is 0 Å². The molecular formula is C19H18N2OS2. The Labute approximate surface area is 150 Å². The average Bonchev–Trinajstić information content (AvgIpc) is 2.92. The molecule has 0 spiro atoms. The second-order valence-electron chi connectivity index (χ2n) is 5.16. The quantitative estimate of drug-likeness (QED) is 0.618. The third kappa shape index (κ3) is 3.68. The van der Waals surface area contributed by atoms with Crippen LogP contribution in [0.5, 0.6) is 0 Å². The minimum Gasteiger partial charge on any atom is -0.387 e. The number of rotatable bonds is 4. The first-order valence-corrected chi connectivity index (χ1v) is 9.20. The summed E-state index contributed by atoms with van der Waals surface area (Å²) < 4.78 is 0. The normalized spacial score (nSPS) is 15.1. The molecule has 1 N–H and O–H groups in total. The van der Waals surface area contributed by atoms with Crippen molar-refractivity contribution in [1.82, 2.24) is 0 Å². The van der Waals surface area contributed by atoms with Crippen molar-refractivity contribution < 1.29 is 4.79 Å². The predicted molar refractivity (Wildman–Crippen MR) is 105 cm³/mol. The van der Waals surface area contributed by atoms with Gasteiger partial charge in [0, 0.05) is 29.6 Å². The number of carbonyl (C=O) groups is 1. The Bertz CT molecular complexity index is 815. The maximum absolute atomic E-state index is 12.2. The molecule has 1 aliphatic heterocycles. The van der Waals surface area contributed by atoms with Crippen molar-refractivity contribution in [3.05, 3.63) is 71.8 Å². The molecule has 0 bridgehead atoms. The van der Waals surface area contributed by atoms with E-state index in [9.17, 15) is 4.79 Å². The number of anilines is 2. The number of nitrogens with zero attached hydrogens (tertiary/aromatic N) is 1. The first kappa shape index (κ1) is 16.7. The van der Waals surface area contributed by atoms with Gasteiger partial charge in [-0.25, -0.2) is 0 Å². The molecule has 0 aromatic heterocycles. The first-order chi connectivity index (χ1) is 11.7. The summed E-state index contributed by atoms with van der Waals surface area (Å²) in [5.74, 6) is 0. The summed E-state index contributed by atoms with van der Waals surface area (Å²) in [6.07, 6.45) is 5.41. The lowest BCUT2D eigenvalue weighted by atomic mass is 10.3. The van der Waals surface area contributed by atoms with E-state index in [0.29, 0.717) is 0 Å². The Morgan fingerprint density at radius 3 is 2.71 bits per heavy atom. The van der Waals surface area contributed by atoms with E-state index in [1.165, 1.54) is 22.3 Å². The van der Waals surface area contributed by atoms with Gasteiger partial charge in [0.1, 0.15) is 0 Å². The summed E-state index contributed by atoms with van der Waals surface area (Å²) in [5, 5.41) is 4.22. The zero-order valence-corrected chi connectivity index (χ0v) is 15.2. The van der Waals surface area contributed by atoms with Crippen LogP contribution >= 0.6 is 23.5 Å². The number of nitrogens with one attached hydrogen (secondary N) is 1. The lowest BCUT2D eigenvalue weighted by molar-refractivity contribution is -0.107. The van der Waals surface area contributed by atoms with Crippen LogP contribution < -0.4 is 10.2 Å². The van der Waals surface area contributed by atoms with E-state index in [-0.39, 0.29) is 5.12 Å². The molecule has 1 heterocycles. The minimum atomic E-state index is 0.0118. The Morgan fingerprint density at radius 2 is 1.92 bits per heavy atom. The van der Waals surface area contributed by atoms with Gasteiger partial charge in [0.15, 0.2) is 0 Å². The molecule has 0 radical (unpaired) electrons. The lowest BCUT2D eigenvalue weighted by Gasteiger charge is -2.12. The van der Waals surface area contributed by atoms with Crippen LogP contribution in [-0.2, 0) is 4.79 Å². The zero-order chi connectivity index (χ0) is 16.9. The zero-order valence-electron chi connectivity index (χ0n) is 13.5. The first-order valence-electron chi connectivity index (χ1n) is 7.56. The number of allylic oxidation sites excluding steroid dienone is 2. The Kier molecular flexibility index (Phi) is 5.33. The van der Waals surface area contributed by atoms with Crippen LogP contribution in [0.2, 0.25) is 0 Å². The summed E-state index contributed by atoms with van der Waals surface area (Å²) in [6.45, 7) is 0. The summed E-state index contributed by atoms with van der Waals surface area (Å²) in [6, 6.07) is 16.1. The maximum atomic E-state index is 12.2. The van der Waals surface area contributed by atoms with Crippen molar-refractivity contribution >= 4 is 40.0 Å². The molecule has 0 aliphatic carbocycles. The molecule has 0 fully saturated rings. The van der Waals surface area contributed by atoms with Crippen LogP contribution in [0.3, 0.4) is 0 Å². The van der Waals surface area contributed by atoms with Gasteiger partial charge in [-0.1, -0.05) is 42.1 Å². The number of hydrogen-bond acceptors (Lipinski definition) is 5. The second-order valence-corrected chi connectivity index (χ2v) is 7.27. The molecular weight excluding hydrogens is 336 g/mol. The number of hydrogen-bond donors (Lipinski definition) is 1. The molecule has 0 saturated carbocycles. The van der Waals surface area contributed by atoms with Gasteiger partial charge < -0.3 is 10.2 Å². The second kappa shape index (κ2) is 7.64. The molecule has 5 heteroatoms. The van der Waals surface area contributed by atoms with Gasteiger partial charge in [0.2, 0.25) is 5.12 Å². The van der Waals surface area contributed by atoms with Crippen molar-refractivity contribution in [2.45, 2.75) is 9.79 Å². The van der Waals surface area contributed by atoms with E-state index in [4.69, 9.17) is 0 Å². The highest BCUT2D eigenvalue weighted by atomic mass is 32.2. The molecule has 2 aromatic carbocycles. The van der Waals surface area contributed by atoms with E-state index in [1.807, 2.05) is 62.6 Å². The number of para-hydroxylation sites is 2. The van der Waals surface area contributed by atoms with Crippen LogP contribution in [0.1, 0.15) is 0 Å². The molecule has 0 amide bonds.